The molecule has 0 radical (unpaired) electrons. The molecule has 0 bridgehead atoms. The maximum Gasteiger partial charge on any atom is 0.275 e. The van der Waals surface area contributed by atoms with Crippen molar-refractivity contribution in [1.29, 1.82) is 0 Å². The molecule has 0 aliphatic carbocycles. The van der Waals surface area contributed by atoms with Gasteiger partial charge in [-0.15, -0.1) is 0 Å². The lowest BCUT2D eigenvalue weighted by Crippen LogP contribution is -2.21. The van der Waals surface area contributed by atoms with Crippen LogP contribution in [0.5, 0.6) is 0 Å². The van der Waals surface area contributed by atoms with Crippen LogP contribution < -0.4 is 5.32 Å². The van der Waals surface area contributed by atoms with Crippen LogP contribution >= 0.6 is 23.1 Å². The number of rotatable bonds is 1. The number of carbonyl (C=O) groups is 1. The average Bonchev–Trinajstić information content (AvgIpc) is 2.78. The van der Waals surface area contributed by atoms with Crippen molar-refractivity contribution >= 4 is 40.2 Å². The number of amides is 1. The summed E-state index contributed by atoms with van der Waals surface area (Å²) in [4.78, 5) is 15.5. The normalized spacial score (nSPS) is 18.5. The van der Waals surface area contributed by atoms with Gasteiger partial charge in [0.2, 0.25) is 0 Å². The molecule has 2 heterocycles. The maximum absolute atomic E-state index is 11.4. The van der Waals surface area contributed by atoms with Gasteiger partial charge in [0.25, 0.3) is 5.91 Å². The number of thioether (sulfide) groups is 1. The smallest absolute Gasteiger partial charge is 0.275 e. The molecule has 2 rings (SSSR count). The summed E-state index contributed by atoms with van der Waals surface area (Å²) in [5, 5.41) is 7.29. The van der Waals surface area contributed by atoms with Crippen LogP contribution in [0.25, 0.3) is 6.08 Å². The van der Waals surface area contributed by atoms with Crippen LogP contribution in [0.3, 0.4) is 0 Å². The van der Waals surface area contributed by atoms with Crippen molar-refractivity contribution in [3.05, 3.63) is 28.1 Å². The fourth-order valence-electron chi connectivity index (χ4n) is 1.06. The zero-order valence-electron chi connectivity index (χ0n) is 7.48. The van der Waals surface area contributed by atoms with Crippen LogP contribution in [0.1, 0.15) is 5.56 Å². The first-order valence-electron chi connectivity index (χ1n) is 3.97. The van der Waals surface area contributed by atoms with Gasteiger partial charge < -0.3 is 0 Å². The molecular weight excluding hydrogens is 216 g/mol. The van der Waals surface area contributed by atoms with Crippen LogP contribution in [-0.4, -0.2) is 17.3 Å². The lowest BCUT2D eigenvalue weighted by Gasteiger charge is -1.90. The number of nitrogens with zero attached hydrogens (tertiary/aromatic N) is 1. The topological polar surface area (TPSA) is 41.5 Å². The quantitative estimate of drug-likeness (QED) is 0.741. The molecule has 1 aromatic rings. The van der Waals surface area contributed by atoms with E-state index in [0.717, 1.165) is 5.56 Å². The molecule has 0 saturated carbocycles. The Labute approximate surface area is 89.9 Å². The average molecular weight is 224 g/mol. The zero-order valence-corrected chi connectivity index (χ0v) is 9.11. The molecule has 1 aliphatic rings. The van der Waals surface area contributed by atoms with Gasteiger partial charge in [-0.05, 0) is 34.7 Å². The van der Waals surface area contributed by atoms with E-state index in [2.05, 4.69) is 10.3 Å². The molecule has 0 aromatic carbocycles. The fraction of sp³-hybridized carbons (Fsp3) is 0.111. The van der Waals surface area contributed by atoms with Crippen LogP contribution in [0.4, 0.5) is 0 Å². The summed E-state index contributed by atoms with van der Waals surface area (Å²) in [6.07, 6.45) is 3.67. The predicted molar refractivity (Wildman–Crippen MR) is 61.4 cm³/mol. The minimum Gasteiger partial charge on any atom is -0.300 e. The van der Waals surface area contributed by atoms with Crippen LogP contribution in [0.2, 0.25) is 0 Å². The highest BCUT2D eigenvalue weighted by molar-refractivity contribution is 8.13. The Bertz CT molecular complexity index is 406. The third-order valence-electron chi connectivity index (χ3n) is 1.72. The molecule has 0 fully saturated rings. The van der Waals surface area contributed by atoms with Gasteiger partial charge in [0, 0.05) is 0 Å². The van der Waals surface area contributed by atoms with Crippen molar-refractivity contribution in [2.24, 2.45) is 4.99 Å². The lowest BCUT2D eigenvalue weighted by molar-refractivity contribution is -0.115. The Morgan fingerprint density at radius 3 is 3.07 bits per heavy atom. The Morgan fingerprint density at radius 2 is 2.50 bits per heavy atom. The van der Waals surface area contributed by atoms with Gasteiger partial charge in [0.05, 0.1) is 0 Å². The minimum absolute atomic E-state index is 0.124. The van der Waals surface area contributed by atoms with Gasteiger partial charge in [0.15, 0.2) is 5.17 Å². The molecule has 1 aliphatic heterocycles. The summed E-state index contributed by atoms with van der Waals surface area (Å²) in [7, 11) is 0. The molecular formula is C9H8N2OS2. The number of aliphatic imine (C=N–C) groups is 1. The monoisotopic (exact) mass is 224 g/mol. The summed E-state index contributed by atoms with van der Waals surface area (Å²) < 4.78 is 0. The highest BCUT2D eigenvalue weighted by atomic mass is 32.2. The molecule has 5 heteroatoms. The van der Waals surface area contributed by atoms with E-state index in [9.17, 15) is 4.79 Å². The Hall–Kier alpha value is -1.07. The molecule has 1 aromatic heterocycles. The van der Waals surface area contributed by atoms with Gasteiger partial charge in [0.1, 0.15) is 5.70 Å². The highest BCUT2D eigenvalue weighted by Crippen LogP contribution is 2.16. The number of amidine groups is 1. The highest BCUT2D eigenvalue weighted by Gasteiger charge is 2.18. The van der Waals surface area contributed by atoms with E-state index in [4.69, 9.17) is 0 Å². The molecule has 0 atom stereocenters. The number of hydrogen-bond acceptors (Lipinski definition) is 4. The third-order valence-corrected chi connectivity index (χ3v) is 3.00. The van der Waals surface area contributed by atoms with E-state index in [1.165, 1.54) is 11.8 Å². The fourth-order valence-corrected chi connectivity index (χ4v) is 2.06. The number of nitrogens with one attached hydrogen (secondary N) is 1. The Kier molecular flexibility index (Phi) is 2.69. The SMILES string of the molecule is CSC1=NC(=Cc2ccsc2)C(=O)N1. The second kappa shape index (κ2) is 3.98. The number of carbonyl (C=O) groups excluding carboxylic acids is 1. The molecule has 3 nitrogen and oxygen atoms in total. The van der Waals surface area contributed by atoms with Crippen molar-refractivity contribution in [3.8, 4) is 0 Å². The van der Waals surface area contributed by atoms with Crippen LogP contribution in [0.15, 0.2) is 27.5 Å². The first-order chi connectivity index (χ1) is 6.79. The molecule has 1 amide bonds. The van der Waals surface area contributed by atoms with Gasteiger partial charge in [-0.1, -0.05) is 11.8 Å². The standard InChI is InChI=1S/C9H8N2OS2/c1-13-9-10-7(8(12)11-9)4-6-2-3-14-5-6/h2-5H,1H3,(H,10,11,12). The summed E-state index contributed by atoms with van der Waals surface area (Å²) >= 11 is 3.03. The molecule has 72 valence electrons. The molecule has 1 N–H and O–H groups in total. The van der Waals surface area contributed by atoms with Crippen LogP contribution in [-0.2, 0) is 4.79 Å². The second-order valence-electron chi connectivity index (χ2n) is 2.66. The van der Waals surface area contributed by atoms with E-state index >= 15 is 0 Å². The van der Waals surface area contributed by atoms with Gasteiger partial charge in [-0.25, -0.2) is 4.99 Å². The third kappa shape index (κ3) is 1.88. The number of hydrogen-bond donors (Lipinski definition) is 1. The van der Waals surface area contributed by atoms with E-state index in [1.54, 1.807) is 17.4 Å². The van der Waals surface area contributed by atoms with Gasteiger partial charge in [-0.3, -0.25) is 10.1 Å². The first kappa shape index (κ1) is 9.48. The van der Waals surface area contributed by atoms with E-state index in [-0.39, 0.29) is 5.91 Å². The summed E-state index contributed by atoms with van der Waals surface area (Å²) in [6, 6.07) is 1.96. The maximum atomic E-state index is 11.4. The molecule has 0 unspecified atom stereocenters. The van der Waals surface area contributed by atoms with E-state index in [1.807, 2.05) is 23.1 Å². The molecule has 14 heavy (non-hydrogen) atoms. The molecule has 0 saturated heterocycles. The summed E-state index contributed by atoms with van der Waals surface area (Å²) in [6.45, 7) is 0. The van der Waals surface area contributed by atoms with Crippen LogP contribution in [0, 0.1) is 0 Å². The number of thiophene rings is 1. The summed E-state index contributed by atoms with van der Waals surface area (Å²) in [5.74, 6) is -0.124. The predicted octanol–water partition coefficient (Wildman–Crippen LogP) is 1.94. The first-order valence-corrected chi connectivity index (χ1v) is 6.14. The van der Waals surface area contributed by atoms with E-state index in [0.29, 0.717) is 10.9 Å². The largest absolute Gasteiger partial charge is 0.300 e. The van der Waals surface area contributed by atoms with Crippen molar-refractivity contribution in [2.45, 2.75) is 0 Å². The minimum atomic E-state index is -0.124. The van der Waals surface area contributed by atoms with Crippen molar-refractivity contribution < 1.29 is 4.79 Å². The van der Waals surface area contributed by atoms with Crippen molar-refractivity contribution in [2.75, 3.05) is 6.26 Å². The zero-order chi connectivity index (χ0) is 9.97. The molecule has 0 spiro atoms. The summed E-state index contributed by atoms with van der Waals surface area (Å²) in [5.41, 5.74) is 1.50. The van der Waals surface area contributed by atoms with Gasteiger partial charge >= 0.3 is 0 Å². The Morgan fingerprint density at radius 1 is 1.64 bits per heavy atom. The van der Waals surface area contributed by atoms with Crippen molar-refractivity contribution in [1.82, 2.24) is 5.32 Å². The van der Waals surface area contributed by atoms with Crippen molar-refractivity contribution in [3.63, 3.8) is 0 Å². The lowest BCUT2D eigenvalue weighted by atomic mass is 10.3. The Balaban J connectivity index is 2.27. The second-order valence-corrected chi connectivity index (χ2v) is 4.24. The van der Waals surface area contributed by atoms with E-state index < -0.39 is 0 Å². The van der Waals surface area contributed by atoms with Gasteiger partial charge in [-0.2, -0.15) is 11.3 Å².